The fourth-order valence-electron chi connectivity index (χ4n) is 2.11. The largest absolute Gasteiger partial charge is 0.484 e. The van der Waals surface area contributed by atoms with Gasteiger partial charge in [0.15, 0.2) is 11.7 Å². The molecule has 0 aliphatic rings. The molecule has 0 saturated heterocycles. The van der Waals surface area contributed by atoms with E-state index in [-0.39, 0.29) is 23.0 Å². The second-order valence-electron chi connectivity index (χ2n) is 5.55. The van der Waals surface area contributed by atoms with Crippen LogP contribution in [0.4, 0.5) is 5.69 Å². The Morgan fingerprint density at radius 3 is 2.50 bits per heavy atom. The number of amides is 2. The predicted molar refractivity (Wildman–Crippen MR) is 106 cm³/mol. The number of carbonyl (C=O) groups excluding carboxylic acids is 2. The van der Waals surface area contributed by atoms with Crippen LogP contribution in [-0.4, -0.2) is 28.5 Å². The number of thiocarbonyl (C=S) groups is 1. The monoisotopic (exact) mass is 402 g/mol. The van der Waals surface area contributed by atoms with Gasteiger partial charge >= 0.3 is 0 Å². The van der Waals surface area contributed by atoms with Gasteiger partial charge in [0.1, 0.15) is 5.75 Å². The van der Waals surface area contributed by atoms with E-state index in [4.69, 9.17) is 17.0 Å². The van der Waals surface area contributed by atoms with Crippen molar-refractivity contribution >= 4 is 34.8 Å². The number of nitro benzene ring substituents is 1. The van der Waals surface area contributed by atoms with Gasteiger partial charge in [-0.1, -0.05) is 25.1 Å². The van der Waals surface area contributed by atoms with Gasteiger partial charge in [-0.3, -0.25) is 35.9 Å². The molecule has 2 aromatic carbocycles. The Labute approximate surface area is 166 Å². The predicted octanol–water partition coefficient (Wildman–Crippen LogP) is 1.87. The summed E-state index contributed by atoms with van der Waals surface area (Å²) in [4.78, 5) is 33.9. The lowest BCUT2D eigenvalue weighted by Gasteiger charge is -2.11. The molecule has 0 fully saturated rings. The maximum Gasteiger partial charge on any atom is 0.270 e. The van der Waals surface area contributed by atoms with Crippen LogP contribution in [-0.2, 0) is 11.2 Å². The summed E-state index contributed by atoms with van der Waals surface area (Å²) in [6.07, 6.45) is 0.906. The lowest BCUT2D eigenvalue weighted by atomic mass is 10.2. The molecule has 0 heterocycles. The Morgan fingerprint density at radius 1 is 1.14 bits per heavy atom. The number of carbonyl (C=O) groups is 2. The van der Waals surface area contributed by atoms with E-state index in [1.165, 1.54) is 18.2 Å². The second-order valence-corrected chi connectivity index (χ2v) is 5.96. The smallest absolute Gasteiger partial charge is 0.270 e. The van der Waals surface area contributed by atoms with E-state index in [2.05, 4.69) is 16.2 Å². The molecule has 0 atom stereocenters. The Hall–Kier alpha value is -3.53. The SMILES string of the molecule is CCc1ccc(OCC(=O)NC(=S)NNC(=O)c2cccc([N+](=O)[O-])c2)cc1. The Morgan fingerprint density at radius 2 is 1.86 bits per heavy atom. The Kier molecular flexibility index (Phi) is 7.40. The van der Waals surface area contributed by atoms with Crippen molar-refractivity contribution in [2.45, 2.75) is 13.3 Å². The highest BCUT2D eigenvalue weighted by Gasteiger charge is 2.12. The number of hydrogen-bond acceptors (Lipinski definition) is 6. The molecule has 9 nitrogen and oxygen atoms in total. The van der Waals surface area contributed by atoms with Gasteiger partial charge in [0.05, 0.1) is 4.92 Å². The molecule has 0 aromatic heterocycles. The number of hydrazine groups is 1. The van der Waals surface area contributed by atoms with Crippen molar-refractivity contribution in [3.63, 3.8) is 0 Å². The number of benzene rings is 2. The summed E-state index contributed by atoms with van der Waals surface area (Å²) < 4.78 is 5.35. The molecule has 28 heavy (non-hydrogen) atoms. The van der Waals surface area contributed by atoms with Gasteiger partial charge in [0, 0.05) is 17.7 Å². The zero-order valence-electron chi connectivity index (χ0n) is 14.9. The maximum atomic E-state index is 12.0. The van der Waals surface area contributed by atoms with Gasteiger partial charge in [-0.25, -0.2) is 0 Å². The molecule has 0 radical (unpaired) electrons. The van der Waals surface area contributed by atoms with E-state index in [1.807, 2.05) is 19.1 Å². The fraction of sp³-hybridized carbons (Fsp3) is 0.167. The van der Waals surface area contributed by atoms with Crippen molar-refractivity contribution < 1.29 is 19.2 Å². The van der Waals surface area contributed by atoms with Crippen molar-refractivity contribution in [2.24, 2.45) is 0 Å². The van der Waals surface area contributed by atoms with E-state index >= 15 is 0 Å². The van der Waals surface area contributed by atoms with Crippen LogP contribution in [0.2, 0.25) is 0 Å². The summed E-state index contributed by atoms with van der Waals surface area (Å²) in [5.74, 6) is -0.612. The van der Waals surface area contributed by atoms with Crippen LogP contribution in [0.15, 0.2) is 48.5 Å². The van der Waals surface area contributed by atoms with E-state index in [0.29, 0.717) is 5.75 Å². The minimum Gasteiger partial charge on any atom is -0.484 e. The van der Waals surface area contributed by atoms with E-state index in [0.717, 1.165) is 18.1 Å². The summed E-state index contributed by atoms with van der Waals surface area (Å²) in [7, 11) is 0. The molecule has 0 saturated carbocycles. The number of nitrogens with zero attached hydrogens (tertiary/aromatic N) is 1. The van der Waals surface area contributed by atoms with E-state index in [9.17, 15) is 19.7 Å². The summed E-state index contributed by atoms with van der Waals surface area (Å²) in [5, 5.41) is 12.9. The average molecular weight is 402 g/mol. The number of nitro groups is 1. The fourth-order valence-corrected chi connectivity index (χ4v) is 2.28. The number of non-ortho nitro benzene ring substituents is 1. The van der Waals surface area contributed by atoms with Crippen LogP contribution in [0.1, 0.15) is 22.8 Å². The van der Waals surface area contributed by atoms with Crippen LogP contribution in [0, 0.1) is 10.1 Å². The molecule has 10 heteroatoms. The van der Waals surface area contributed by atoms with Crippen molar-refractivity contribution in [3.05, 3.63) is 69.8 Å². The lowest BCUT2D eigenvalue weighted by molar-refractivity contribution is -0.384. The third-order valence-corrected chi connectivity index (χ3v) is 3.77. The van der Waals surface area contributed by atoms with Crippen LogP contribution < -0.4 is 20.9 Å². The molecule has 0 unspecified atom stereocenters. The number of nitrogens with one attached hydrogen (secondary N) is 3. The van der Waals surface area contributed by atoms with Gasteiger partial charge in [-0.2, -0.15) is 0 Å². The van der Waals surface area contributed by atoms with Crippen LogP contribution in [0.5, 0.6) is 5.75 Å². The third-order valence-electron chi connectivity index (χ3n) is 3.56. The molecule has 0 bridgehead atoms. The number of ether oxygens (including phenoxy) is 1. The van der Waals surface area contributed by atoms with Gasteiger partial charge in [-0.15, -0.1) is 0 Å². The van der Waals surface area contributed by atoms with Gasteiger partial charge in [0.25, 0.3) is 17.5 Å². The molecule has 146 valence electrons. The van der Waals surface area contributed by atoms with Crippen LogP contribution in [0.3, 0.4) is 0 Å². The molecule has 0 spiro atoms. The van der Waals surface area contributed by atoms with Crippen LogP contribution in [0.25, 0.3) is 0 Å². The van der Waals surface area contributed by atoms with Crippen LogP contribution >= 0.6 is 12.2 Å². The highest BCUT2D eigenvalue weighted by atomic mass is 32.1. The first-order chi connectivity index (χ1) is 13.4. The topological polar surface area (TPSA) is 123 Å². The normalized spacial score (nSPS) is 9.89. The third kappa shape index (κ3) is 6.32. The molecule has 0 aliphatic heterocycles. The summed E-state index contributed by atoms with van der Waals surface area (Å²) in [6.45, 7) is 1.78. The van der Waals surface area contributed by atoms with E-state index < -0.39 is 16.7 Å². The van der Waals surface area contributed by atoms with Crippen molar-refractivity contribution in [2.75, 3.05) is 6.61 Å². The molecule has 0 aliphatic carbocycles. The molecular weight excluding hydrogens is 384 g/mol. The second kappa shape index (κ2) is 9.97. The molecular formula is C18H18N4O5S. The zero-order valence-corrected chi connectivity index (χ0v) is 15.7. The van der Waals surface area contributed by atoms with E-state index in [1.54, 1.807) is 12.1 Å². The summed E-state index contributed by atoms with van der Waals surface area (Å²) >= 11 is 4.91. The zero-order chi connectivity index (χ0) is 20.5. The molecule has 3 N–H and O–H groups in total. The Balaban J connectivity index is 1.76. The maximum absolute atomic E-state index is 12.0. The van der Waals surface area contributed by atoms with Gasteiger partial charge in [0.2, 0.25) is 0 Å². The Bertz CT molecular complexity index is 886. The molecule has 2 aromatic rings. The highest BCUT2D eigenvalue weighted by Crippen LogP contribution is 2.13. The molecule has 2 amide bonds. The number of aryl methyl sites for hydroxylation is 1. The van der Waals surface area contributed by atoms with Gasteiger partial charge in [-0.05, 0) is 42.4 Å². The van der Waals surface area contributed by atoms with Gasteiger partial charge < -0.3 is 4.74 Å². The minimum absolute atomic E-state index is 0.0645. The van der Waals surface area contributed by atoms with Crippen molar-refractivity contribution in [3.8, 4) is 5.75 Å². The number of rotatable bonds is 6. The van der Waals surface area contributed by atoms with Crippen molar-refractivity contribution in [1.29, 1.82) is 0 Å². The number of hydrogen-bond donors (Lipinski definition) is 3. The first kappa shape index (κ1) is 20.8. The first-order valence-electron chi connectivity index (χ1n) is 8.25. The quantitative estimate of drug-likeness (QED) is 0.383. The first-order valence-corrected chi connectivity index (χ1v) is 8.66. The highest BCUT2D eigenvalue weighted by molar-refractivity contribution is 7.80. The molecule has 2 rings (SSSR count). The lowest BCUT2D eigenvalue weighted by Crippen LogP contribution is -2.49. The standard InChI is InChI=1S/C18H18N4O5S/c1-2-12-6-8-15(9-7-12)27-11-16(23)19-18(28)21-20-17(24)13-4-3-5-14(10-13)22(25)26/h3-10H,2,11H2,1H3,(H,20,24)(H2,19,21,23,28). The summed E-state index contributed by atoms with van der Waals surface area (Å²) in [6, 6.07) is 12.5. The van der Waals surface area contributed by atoms with Crippen molar-refractivity contribution in [1.82, 2.24) is 16.2 Å². The average Bonchev–Trinajstić information content (AvgIpc) is 2.71. The minimum atomic E-state index is -0.646. The summed E-state index contributed by atoms with van der Waals surface area (Å²) in [5.41, 5.74) is 5.60.